The number of ether oxygens (including phenoxy) is 1. The first-order valence-corrected chi connectivity index (χ1v) is 14.8. The lowest BCUT2D eigenvalue weighted by molar-refractivity contribution is -0.140. The van der Waals surface area contributed by atoms with Crippen LogP contribution >= 0.6 is 11.6 Å². The molecule has 0 aliphatic carbocycles. The van der Waals surface area contributed by atoms with Crippen LogP contribution in [0.2, 0.25) is 5.02 Å². The van der Waals surface area contributed by atoms with E-state index in [-0.39, 0.29) is 29.6 Å². The van der Waals surface area contributed by atoms with Crippen molar-refractivity contribution >= 4 is 39.1 Å². The molecule has 2 amide bonds. The number of benzene rings is 3. The third kappa shape index (κ3) is 8.46. The SMILES string of the molecule is CCCNC(=O)C(Cc1ccccc1)N(Cc1cccc(OC)c1)C(=O)CN(c1ccccc1Cl)S(C)(=O)=O. The average Bonchev–Trinajstić information content (AvgIpc) is 2.92. The van der Waals surface area contributed by atoms with Gasteiger partial charge in [0.2, 0.25) is 21.8 Å². The molecule has 0 saturated heterocycles. The summed E-state index contributed by atoms with van der Waals surface area (Å²) in [5.74, 6) is -0.264. The molecule has 208 valence electrons. The van der Waals surface area contributed by atoms with Gasteiger partial charge >= 0.3 is 0 Å². The van der Waals surface area contributed by atoms with E-state index in [2.05, 4.69) is 5.32 Å². The highest BCUT2D eigenvalue weighted by Gasteiger charge is 2.33. The molecule has 10 heteroatoms. The van der Waals surface area contributed by atoms with Crippen LogP contribution in [-0.4, -0.2) is 57.6 Å². The van der Waals surface area contributed by atoms with E-state index in [0.29, 0.717) is 12.3 Å². The van der Waals surface area contributed by atoms with Gasteiger partial charge in [-0.15, -0.1) is 0 Å². The number of anilines is 1. The zero-order chi connectivity index (χ0) is 28.4. The first kappa shape index (κ1) is 30.0. The van der Waals surface area contributed by atoms with Crippen molar-refractivity contribution in [1.82, 2.24) is 10.2 Å². The van der Waals surface area contributed by atoms with Crippen molar-refractivity contribution in [3.05, 3.63) is 95.0 Å². The third-order valence-electron chi connectivity index (χ3n) is 6.11. The molecule has 0 aliphatic rings. The van der Waals surface area contributed by atoms with Crippen LogP contribution in [0.25, 0.3) is 0 Å². The van der Waals surface area contributed by atoms with E-state index >= 15 is 0 Å². The minimum atomic E-state index is -3.89. The number of carbonyl (C=O) groups excluding carboxylic acids is 2. The number of halogens is 1. The maximum Gasteiger partial charge on any atom is 0.244 e. The quantitative estimate of drug-likeness (QED) is 0.330. The first-order valence-electron chi connectivity index (χ1n) is 12.6. The monoisotopic (exact) mass is 571 g/mol. The molecule has 1 unspecified atom stereocenters. The minimum absolute atomic E-state index is 0.0627. The van der Waals surface area contributed by atoms with E-state index in [4.69, 9.17) is 16.3 Å². The van der Waals surface area contributed by atoms with Crippen molar-refractivity contribution in [2.24, 2.45) is 0 Å². The molecule has 8 nitrogen and oxygen atoms in total. The molecule has 0 radical (unpaired) electrons. The Morgan fingerprint density at radius 2 is 1.64 bits per heavy atom. The number of methoxy groups -OCH3 is 1. The molecule has 3 aromatic carbocycles. The third-order valence-corrected chi connectivity index (χ3v) is 7.55. The summed E-state index contributed by atoms with van der Waals surface area (Å²) in [4.78, 5) is 28.9. The number of sulfonamides is 1. The number of nitrogens with one attached hydrogen (secondary N) is 1. The summed E-state index contributed by atoms with van der Waals surface area (Å²) in [6.45, 7) is 1.92. The van der Waals surface area contributed by atoms with Crippen molar-refractivity contribution in [3.8, 4) is 5.75 Å². The van der Waals surface area contributed by atoms with Gasteiger partial charge in [0, 0.05) is 19.5 Å². The molecule has 0 heterocycles. The molecule has 0 aliphatic heterocycles. The molecule has 0 spiro atoms. The van der Waals surface area contributed by atoms with Crippen LogP contribution in [0.3, 0.4) is 0 Å². The minimum Gasteiger partial charge on any atom is -0.497 e. The number of para-hydroxylation sites is 1. The maximum atomic E-state index is 14.0. The number of hydrogen-bond acceptors (Lipinski definition) is 5. The van der Waals surface area contributed by atoms with E-state index in [0.717, 1.165) is 28.1 Å². The van der Waals surface area contributed by atoms with Crippen LogP contribution in [0, 0.1) is 0 Å². The molecule has 1 N–H and O–H groups in total. The summed E-state index contributed by atoms with van der Waals surface area (Å²) in [5, 5.41) is 3.10. The Morgan fingerprint density at radius 1 is 0.974 bits per heavy atom. The Bertz CT molecular complexity index is 1370. The highest BCUT2D eigenvalue weighted by molar-refractivity contribution is 7.92. The van der Waals surface area contributed by atoms with Gasteiger partial charge in [0.25, 0.3) is 0 Å². The molecule has 39 heavy (non-hydrogen) atoms. The number of nitrogens with zero attached hydrogens (tertiary/aromatic N) is 2. The molecular weight excluding hydrogens is 538 g/mol. The fourth-order valence-electron chi connectivity index (χ4n) is 4.14. The van der Waals surface area contributed by atoms with Crippen LogP contribution in [0.4, 0.5) is 5.69 Å². The Labute approximate surface area is 235 Å². The van der Waals surface area contributed by atoms with Gasteiger partial charge in [-0.1, -0.05) is 73.1 Å². The van der Waals surface area contributed by atoms with Crippen LogP contribution in [0.15, 0.2) is 78.9 Å². The van der Waals surface area contributed by atoms with E-state index in [1.807, 2.05) is 43.3 Å². The van der Waals surface area contributed by atoms with Gasteiger partial charge in [0.15, 0.2) is 0 Å². The van der Waals surface area contributed by atoms with Gasteiger partial charge in [-0.25, -0.2) is 8.42 Å². The lowest BCUT2D eigenvalue weighted by Gasteiger charge is -2.33. The fraction of sp³-hybridized carbons (Fsp3) is 0.310. The van der Waals surface area contributed by atoms with Crippen molar-refractivity contribution < 1.29 is 22.7 Å². The fourth-order valence-corrected chi connectivity index (χ4v) is 5.29. The predicted molar refractivity (Wildman–Crippen MR) is 154 cm³/mol. The molecule has 1 atom stereocenters. The molecule has 0 bridgehead atoms. The van der Waals surface area contributed by atoms with Crippen molar-refractivity contribution in [3.63, 3.8) is 0 Å². The van der Waals surface area contributed by atoms with E-state index in [1.54, 1.807) is 49.6 Å². The van der Waals surface area contributed by atoms with Gasteiger partial charge in [-0.05, 0) is 41.8 Å². The van der Waals surface area contributed by atoms with Gasteiger partial charge in [-0.3, -0.25) is 13.9 Å². The average molecular weight is 572 g/mol. The standard InChI is InChI=1S/C29H34ClN3O5S/c1-4-17-31-29(35)27(19-22-11-6-5-7-12-22)32(20-23-13-10-14-24(18-23)38-2)28(34)21-33(39(3,36)37)26-16-9-8-15-25(26)30/h5-16,18,27H,4,17,19-21H2,1-3H3,(H,31,35). The lowest BCUT2D eigenvalue weighted by atomic mass is 10.0. The summed E-state index contributed by atoms with van der Waals surface area (Å²) in [6, 6.07) is 22.1. The summed E-state index contributed by atoms with van der Waals surface area (Å²) in [6.07, 6.45) is 1.99. The molecular formula is C29H34ClN3O5S. The summed E-state index contributed by atoms with van der Waals surface area (Å²) in [5.41, 5.74) is 1.78. The second-order valence-electron chi connectivity index (χ2n) is 9.09. The van der Waals surface area contributed by atoms with Crippen LogP contribution in [0.5, 0.6) is 5.75 Å². The Morgan fingerprint density at radius 3 is 2.28 bits per heavy atom. The van der Waals surface area contributed by atoms with Gasteiger partial charge in [0.1, 0.15) is 18.3 Å². The molecule has 0 saturated carbocycles. The second-order valence-corrected chi connectivity index (χ2v) is 11.4. The van der Waals surface area contributed by atoms with Gasteiger partial charge < -0.3 is 15.0 Å². The highest BCUT2D eigenvalue weighted by atomic mass is 35.5. The Hall–Kier alpha value is -3.56. The Kier molecular flexibility index (Phi) is 10.8. The molecule has 0 aromatic heterocycles. The van der Waals surface area contributed by atoms with E-state index < -0.39 is 28.5 Å². The lowest BCUT2D eigenvalue weighted by Crippen LogP contribution is -2.53. The maximum absolute atomic E-state index is 14.0. The van der Waals surface area contributed by atoms with Crippen molar-refractivity contribution in [1.29, 1.82) is 0 Å². The number of amides is 2. The van der Waals surface area contributed by atoms with Crippen LogP contribution < -0.4 is 14.4 Å². The summed E-state index contributed by atoms with van der Waals surface area (Å²) >= 11 is 6.32. The first-order chi connectivity index (χ1) is 18.6. The number of hydrogen-bond donors (Lipinski definition) is 1. The largest absolute Gasteiger partial charge is 0.497 e. The smallest absolute Gasteiger partial charge is 0.244 e. The second kappa shape index (κ2) is 14.0. The summed E-state index contributed by atoms with van der Waals surface area (Å²) in [7, 11) is -2.34. The molecule has 0 fully saturated rings. The van der Waals surface area contributed by atoms with Gasteiger partial charge in [-0.2, -0.15) is 0 Å². The zero-order valence-corrected chi connectivity index (χ0v) is 23.9. The predicted octanol–water partition coefficient (Wildman–Crippen LogP) is 4.28. The van der Waals surface area contributed by atoms with Crippen molar-refractivity contribution in [2.45, 2.75) is 32.4 Å². The topological polar surface area (TPSA) is 96.0 Å². The molecule has 3 aromatic rings. The number of rotatable bonds is 13. The zero-order valence-electron chi connectivity index (χ0n) is 22.3. The Balaban J connectivity index is 2.06. The van der Waals surface area contributed by atoms with Gasteiger partial charge in [0.05, 0.1) is 24.1 Å². The normalized spacial score (nSPS) is 11.9. The molecule has 3 rings (SSSR count). The summed E-state index contributed by atoms with van der Waals surface area (Å²) < 4.78 is 32.0. The highest BCUT2D eigenvalue weighted by Crippen LogP contribution is 2.28. The van der Waals surface area contributed by atoms with E-state index in [1.165, 1.54) is 4.90 Å². The van der Waals surface area contributed by atoms with Crippen LogP contribution in [-0.2, 0) is 32.6 Å². The van der Waals surface area contributed by atoms with Crippen molar-refractivity contribution in [2.75, 3.05) is 30.8 Å². The van der Waals surface area contributed by atoms with Crippen LogP contribution in [0.1, 0.15) is 24.5 Å². The van der Waals surface area contributed by atoms with E-state index in [9.17, 15) is 18.0 Å². The number of carbonyl (C=O) groups is 2.